The van der Waals surface area contributed by atoms with Crippen molar-refractivity contribution in [2.24, 2.45) is 5.41 Å². The first-order valence-corrected chi connectivity index (χ1v) is 7.11. The van der Waals surface area contributed by atoms with Crippen LogP contribution in [-0.2, 0) is 14.3 Å². The molecule has 2 rings (SSSR count). The number of carbonyl (C=O) groups excluding carboxylic acids is 1. The summed E-state index contributed by atoms with van der Waals surface area (Å²) in [5, 5.41) is 12.3. The van der Waals surface area contributed by atoms with Crippen LogP contribution in [0.2, 0.25) is 0 Å². The van der Waals surface area contributed by atoms with E-state index in [1.807, 2.05) is 0 Å². The lowest BCUT2D eigenvalue weighted by Crippen LogP contribution is -2.49. The fraction of sp³-hybridized carbons (Fsp3) is 0.857. The summed E-state index contributed by atoms with van der Waals surface area (Å²) in [6.07, 6.45) is 6.19. The second kappa shape index (κ2) is 5.90. The molecule has 0 saturated heterocycles. The molecule has 0 atom stereocenters. The van der Waals surface area contributed by atoms with Gasteiger partial charge in [0.25, 0.3) is 0 Å². The highest BCUT2D eigenvalue weighted by atomic mass is 16.5. The standard InChI is InChI=1S/C14H23NO4/c1-19-11-7-10(8-11)15-12(16)9-14(13(17)18)5-3-2-4-6-14/h10-11H,2-9H2,1H3,(H,15,16)(H,17,18). The van der Waals surface area contributed by atoms with E-state index in [1.165, 1.54) is 0 Å². The van der Waals surface area contributed by atoms with Gasteiger partial charge in [0, 0.05) is 19.6 Å². The Morgan fingerprint density at radius 2 is 1.89 bits per heavy atom. The van der Waals surface area contributed by atoms with Crippen molar-refractivity contribution in [3.63, 3.8) is 0 Å². The summed E-state index contributed by atoms with van der Waals surface area (Å²) in [5.41, 5.74) is -0.827. The van der Waals surface area contributed by atoms with Crippen molar-refractivity contribution in [1.29, 1.82) is 0 Å². The van der Waals surface area contributed by atoms with Crippen LogP contribution in [0.1, 0.15) is 51.4 Å². The maximum absolute atomic E-state index is 12.0. The highest BCUT2D eigenvalue weighted by molar-refractivity contribution is 5.85. The van der Waals surface area contributed by atoms with Crippen molar-refractivity contribution in [2.75, 3.05) is 7.11 Å². The molecule has 2 aliphatic carbocycles. The van der Waals surface area contributed by atoms with E-state index in [9.17, 15) is 14.7 Å². The van der Waals surface area contributed by atoms with Gasteiger partial charge in [-0.3, -0.25) is 9.59 Å². The Morgan fingerprint density at radius 3 is 2.42 bits per heavy atom. The molecular weight excluding hydrogens is 246 g/mol. The Kier molecular flexibility index (Phi) is 4.45. The summed E-state index contributed by atoms with van der Waals surface area (Å²) in [4.78, 5) is 23.5. The largest absolute Gasteiger partial charge is 0.481 e. The smallest absolute Gasteiger partial charge is 0.310 e. The number of nitrogens with one attached hydrogen (secondary N) is 1. The summed E-state index contributed by atoms with van der Waals surface area (Å²) < 4.78 is 5.16. The van der Waals surface area contributed by atoms with E-state index in [0.717, 1.165) is 32.1 Å². The van der Waals surface area contributed by atoms with Crippen LogP contribution in [0.5, 0.6) is 0 Å². The maximum Gasteiger partial charge on any atom is 0.310 e. The van der Waals surface area contributed by atoms with Gasteiger partial charge in [-0.05, 0) is 25.7 Å². The topological polar surface area (TPSA) is 75.6 Å². The molecule has 0 unspecified atom stereocenters. The molecule has 2 saturated carbocycles. The van der Waals surface area contributed by atoms with E-state index in [2.05, 4.69) is 5.32 Å². The Balaban J connectivity index is 1.84. The van der Waals surface area contributed by atoms with Crippen LogP contribution < -0.4 is 5.32 Å². The van der Waals surface area contributed by atoms with E-state index >= 15 is 0 Å². The zero-order valence-electron chi connectivity index (χ0n) is 11.5. The van der Waals surface area contributed by atoms with Crippen molar-refractivity contribution in [3.05, 3.63) is 0 Å². The second-order valence-corrected chi connectivity index (χ2v) is 5.92. The van der Waals surface area contributed by atoms with Gasteiger partial charge in [0.2, 0.25) is 5.91 Å². The molecule has 5 heteroatoms. The van der Waals surface area contributed by atoms with Crippen LogP contribution in [0.3, 0.4) is 0 Å². The molecule has 0 aromatic carbocycles. The van der Waals surface area contributed by atoms with Gasteiger partial charge in [-0.1, -0.05) is 19.3 Å². The van der Waals surface area contributed by atoms with Crippen LogP contribution in [0.15, 0.2) is 0 Å². The Morgan fingerprint density at radius 1 is 1.26 bits per heavy atom. The number of carboxylic acids is 1. The Labute approximate surface area is 113 Å². The molecule has 0 aromatic heterocycles. The fourth-order valence-corrected chi connectivity index (χ4v) is 3.16. The van der Waals surface area contributed by atoms with E-state index in [4.69, 9.17) is 4.74 Å². The summed E-state index contributed by atoms with van der Waals surface area (Å²) in [6, 6.07) is 0.159. The third-order valence-electron chi connectivity index (χ3n) is 4.56. The quantitative estimate of drug-likeness (QED) is 0.796. The van der Waals surface area contributed by atoms with Gasteiger partial charge in [0.05, 0.1) is 11.5 Å². The summed E-state index contributed by atoms with van der Waals surface area (Å²) in [6.45, 7) is 0. The molecule has 0 aromatic rings. The number of hydrogen-bond donors (Lipinski definition) is 2. The lowest BCUT2D eigenvalue weighted by Gasteiger charge is -2.37. The van der Waals surface area contributed by atoms with Gasteiger partial charge >= 0.3 is 5.97 Å². The first-order chi connectivity index (χ1) is 9.05. The van der Waals surface area contributed by atoms with E-state index in [-0.39, 0.29) is 24.5 Å². The molecule has 5 nitrogen and oxygen atoms in total. The molecule has 2 N–H and O–H groups in total. The predicted octanol–water partition coefficient (Wildman–Crippen LogP) is 1.71. The van der Waals surface area contributed by atoms with Crippen LogP contribution >= 0.6 is 0 Å². The third-order valence-corrected chi connectivity index (χ3v) is 4.56. The molecule has 0 spiro atoms. The van der Waals surface area contributed by atoms with Gasteiger partial charge < -0.3 is 15.2 Å². The minimum atomic E-state index is -0.827. The first-order valence-electron chi connectivity index (χ1n) is 7.11. The summed E-state index contributed by atoms with van der Waals surface area (Å²) in [5.74, 6) is -0.936. The predicted molar refractivity (Wildman–Crippen MR) is 69.7 cm³/mol. The number of carbonyl (C=O) groups is 2. The van der Waals surface area contributed by atoms with E-state index < -0.39 is 11.4 Å². The monoisotopic (exact) mass is 269 g/mol. The van der Waals surface area contributed by atoms with Crippen molar-refractivity contribution in [1.82, 2.24) is 5.32 Å². The van der Waals surface area contributed by atoms with Crippen molar-refractivity contribution < 1.29 is 19.4 Å². The molecule has 0 radical (unpaired) electrons. The molecule has 2 aliphatic rings. The van der Waals surface area contributed by atoms with Crippen LogP contribution in [0, 0.1) is 5.41 Å². The average Bonchev–Trinajstić information content (AvgIpc) is 2.34. The van der Waals surface area contributed by atoms with Gasteiger partial charge in [-0.15, -0.1) is 0 Å². The first kappa shape index (κ1) is 14.3. The van der Waals surface area contributed by atoms with Crippen LogP contribution in [0.25, 0.3) is 0 Å². The molecular formula is C14H23NO4. The van der Waals surface area contributed by atoms with E-state index in [1.54, 1.807) is 7.11 Å². The lowest BCUT2D eigenvalue weighted by atomic mass is 9.71. The maximum atomic E-state index is 12.0. The second-order valence-electron chi connectivity index (χ2n) is 5.92. The molecule has 0 bridgehead atoms. The van der Waals surface area contributed by atoms with Crippen molar-refractivity contribution >= 4 is 11.9 Å². The normalized spacial score (nSPS) is 29.3. The van der Waals surface area contributed by atoms with Crippen molar-refractivity contribution in [2.45, 2.75) is 63.5 Å². The summed E-state index contributed by atoms with van der Waals surface area (Å²) in [7, 11) is 1.67. The Bertz CT molecular complexity index is 343. The Hall–Kier alpha value is -1.10. The zero-order chi connectivity index (χ0) is 13.9. The fourth-order valence-electron chi connectivity index (χ4n) is 3.16. The van der Waals surface area contributed by atoms with Crippen LogP contribution in [0.4, 0.5) is 0 Å². The number of carboxylic acid groups (broad SMARTS) is 1. The number of aliphatic carboxylic acids is 1. The highest BCUT2D eigenvalue weighted by Gasteiger charge is 2.42. The molecule has 0 heterocycles. The van der Waals surface area contributed by atoms with Gasteiger partial charge in [0.15, 0.2) is 0 Å². The minimum absolute atomic E-state index is 0.121. The van der Waals surface area contributed by atoms with E-state index in [0.29, 0.717) is 12.8 Å². The van der Waals surface area contributed by atoms with Gasteiger partial charge in [0.1, 0.15) is 0 Å². The molecule has 108 valence electrons. The van der Waals surface area contributed by atoms with Gasteiger partial charge in [-0.2, -0.15) is 0 Å². The molecule has 2 fully saturated rings. The summed E-state index contributed by atoms with van der Waals surface area (Å²) >= 11 is 0. The average molecular weight is 269 g/mol. The number of amides is 1. The zero-order valence-corrected chi connectivity index (χ0v) is 11.5. The number of hydrogen-bond acceptors (Lipinski definition) is 3. The van der Waals surface area contributed by atoms with Crippen LogP contribution in [-0.4, -0.2) is 36.2 Å². The molecule has 1 amide bonds. The highest BCUT2D eigenvalue weighted by Crippen LogP contribution is 2.39. The molecule has 19 heavy (non-hydrogen) atoms. The SMILES string of the molecule is COC1CC(NC(=O)CC2(C(=O)O)CCCCC2)C1. The molecule has 0 aliphatic heterocycles. The number of ether oxygens (including phenoxy) is 1. The number of methoxy groups -OCH3 is 1. The number of rotatable bonds is 5. The van der Waals surface area contributed by atoms with Gasteiger partial charge in [-0.25, -0.2) is 0 Å². The lowest BCUT2D eigenvalue weighted by molar-refractivity contribution is -0.154. The third kappa shape index (κ3) is 3.26. The minimum Gasteiger partial charge on any atom is -0.481 e. The van der Waals surface area contributed by atoms with Crippen molar-refractivity contribution in [3.8, 4) is 0 Å².